The van der Waals surface area contributed by atoms with E-state index in [9.17, 15) is 9.59 Å². The second-order valence-corrected chi connectivity index (χ2v) is 1.20. The predicted molar refractivity (Wildman–Crippen MR) is 37.6 cm³/mol. The minimum absolute atomic E-state index is 0. The lowest BCUT2D eigenvalue weighted by Gasteiger charge is -1.93. The summed E-state index contributed by atoms with van der Waals surface area (Å²) in [6.45, 7) is 2.79. The summed E-state index contributed by atoms with van der Waals surface area (Å²) < 4.78 is 4.03. The zero-order valence-corrected chi connectivity index (χ0v) is 6.02. The van der Waals surface area contributed by atoms with Gasteiger partial charge in [-0.3, -0.25) is 4.79 Å². The molecule has 0 saturated carbocycles. The van der Waals surface area contributed by atoms with Crippen LogP contribution in [0.25, 0.3) is 0 Å². The lowest BCUT2D eigenvalue weighted by Crippen LogP contribution is -2.19. The van der Waals surface area contributed by atoms with Gasteiger partial charge >= 0.3 is 11.9 Å². The number of ether oxygens (including phenoxy) is 1. The zero-order valence-electron chi connectivity index (χ0n) is 5.20. The summed E-state index contributed by atoms with van der Waals surface area (Å²) in [5.41, 5.74) is 4.81. The summed E-state index contributed by atoms with van der Waals surface area (Å²) in [4.78, 5) is 20.3. The molecule has 0 aromatic rings. The van der Waals surface area contributed by atoms with Crippen LogP contribution in [0.15, 0.2) is 12.7 Å². The van der Waals surface area contributed by atoms with Crippen molar-refractivity contribution in [1.29, 1.82) is 0 Å². The number of carbonyl (C=O) groups excluding carboxylic acids is 2. The van der Waals surface area contributed by atoms with Gasteiger partial charge in [0.25, 0.3) is 0 Å². The van der Waals surface area contributed by atoms with Gasteiger partial charge in [-0.1, -0.05) is 6.58 Å². The number of halogens is 1. The van der Waals surface area contributed by atoms with Gasteiger partial charge in [0.05, 0.1) is 6.54 Å². The molecule has 0 rings (SSSR count). The van der Waals surface area contributed by atoms with Crippen molar-refractivity contribution in [3.63, 3.8) is 0 Å². The molecule has 0 aliphatic heterocycles. The Balaban J connectivity index is 0. The quantitative estimate of drug-likeness (QED) is 0.344. The maximum atomic E-state index is 10.2. The van der Waals surface area contributed by atoms with Crippen LogP contribution in [-0.2, 0) is 14.3 Å². The summed E-state index contributed by atoms with van der Waals surface area (Å²) in [6.07, 6.45) is 0.896. The Kier molecular flexibility index (Phi) is 7.42. The molecule has 5 heteroatoms. The van der Waals surface area contributed by atoms with E-state index in [4.69, 9.17) is 5.73 Å². The maximum Gasteiger partial charge on any atom is 0.337 e. The first-order valence-electron chi connectivity index (χ1n) is 2.28. The van der Waals surface area contributed by atoms with E-state index in [0.29, 0.717) is 0 Å². The number of hydrogen-bond donors (Lipinski definition) is 1. The van der Waals surface area contributed by atoms with Crippen molar-refractivity contribution in [3.8, 4) is 0 Å². The van der Waals surface area contributed by atoms with E-state index in [0.717, 1.165) is 6.08 Å². The Morgan fingerprint density at radius 3 is 2.40 bits per heavy atom. The molecule has 58 valence electrons. The third kappa shape index (κ3) is 5.27. The first-order chi connectivity index (χ1) is 4.20. The maximum absolute atomic E-state index is 10.2. The van der Waals surface area contributed by atoms with E-state index in [1.807, 2.05) is 0 Å². The summed E-state index contributed by atoms with van der Waals surface area (Å²) in [6, 6.07) is 0. The van der Waals surface area contributed by atoms with Crippen molar-refractivity contribution in [2.75, 3.05) is 6.54 Å². The molecule has 0 aromatic heterocycles. The highest BCUT2D eigenvalue weighted by molar-refractivity contribution is 5.92. The van der Waals surface area contributed by atoms with E-state index in [2.05, 4.69) is 11.3 Å². The number of rotatable bonds is 2. The van der Waals surface area contributed by atoms with Gasteiger partial charge in [-0.15, -0.1) is 12.4 Å². The monoisotopic (exact) mass is 165 g/mol. The van der Waals surface area contributed by atoms with Gasteiger partial charge in [-0.05, 0) is 0 Å². The Bertz CT molecular complexity index is 146. The first kappa shape index (κ1) is 11.9. The minimum atomic E-state index is -0.773. The standard InChI is InChI=1S/C5H7NO3.ClH/c1-2-4(7)9-5(8)3-6;/h2H,1,3,6H2;1H. The van der Waals surface area contributed by atoms with Gasteiger partial charge in [0.15, 0.2) is 0 Å². The highest BCUT2D eigenvalue weighted by Gasteiger charge is 2.01. The normalized spacial score (nSPS) is 7.30. The number of hydrogen-bond acceptors (Lipinski definition) is 4. The first-order valence-corrected chi connectivity index (χ1v) is 2.28. The van der Waals surface area contributed by atoms with Crippen LogP contribution in [0.2, 0.25) is 0 Å². The summed E-state index contributed by atoms with van der Waals surface area (Å²) in [5, 5.41) is 0. The Labute approximate surface area is 64.4 Å². The number of nitrogens with two attached hydrogens (primary N) is 1. The Morgan fingerprint density at radius 2 is 2.10 bits per heavy atom. The van der Waals surface area contributed by atoms with Crippen LogP contribution in [0.5, 0.6) is 0 Å². The van der Waals surface area contributed by atoms with Crippen LogP contribution in [0.1, 0.15) is 0 Å². The number of carbonyl (C=O) groups is 2. The third-order valence-corrected chi connectivity index (χ3v) is 0.548. The largest absolute Gasteiger partial charge is 0.389 e. The minimum Gasteiger partial charge on any atom is -0.389 e. The Hall–Kier alpha value is -0.870. The summed E-state index contributed by atoms with van der Waals surface area (Å²) in [5.74, 6) is -1.52. The molecule has 0 bridgehead atoms. The predicted octanol–water partition coefficient (Wildman–Crippen LogP) is -0.377. The summed E-state index contributed by atoms with van der Waals surface area (Å²) in [7, 11) is 0. The Morgan fingerprint density at radius 1 is 1.60 bits per heavy atom. The molecule has 0 spiro atoms. The highest BCUT2D eigenvalue weighted by atomic mass is 35.5. The fourth-order valence-electron chi connectivity index (χ4n) is 0.196. The van der Waals surface area contributed by atoms with Crippen molar-refractivity contribution in [2.45, 2.75) is 0 Å². The van der Waals surface area contributed by atoms with Gasteiger partial charge in [0, 0.05) is 6.08 Å². The van der Waals surface area contributed by atoms with Gasteiger partial charge in [0.1, 0.15) is 0 Å². The van der Waals surface area contributed by atoms with Gasteiger partial charge < -0.3 is 10.5 Å². The molecule has 0 saturated heterocycles. The van der Waals surface area contributed by atoms with Gasteiger partial charge in [0.2, 0.25) is 0 Å². The molecule has 10 heavy (non-hydrogen) atoms. The average molecular weight is 166 g/mol. The molecule has 2 N–H and O–H groups in total. The zero-order chi connectivity index (χ0) is 7.28. The smallest absolute Gasteiger partial charge is 0.337 e. The molecule has 0 aliphatic carbocycles. The lowest BCUT2D eigenvalue weighted by atomic mass is 10.6. The molecule has 0 atom stereocenters. The third-order valence-electron chi connectivity index (χ3n) is 0.548. The molecular weight excluding hydrogens is 158 g/mol. The number of esters is 2. The molecule has 0 amide bonds. The SMILES string of the molecule is C=CC(=O)OC(=O)CN.Cl. The lowest BCUT2D eigenvalue weighted by molar-refractivity contribution is -0.155. The van der Waals surface area contributed by atoms with E-state index in [1.54, 1.807) is 0 Å². The van der Waals surface area contributed by atoms with Gasteiger partial charge in [-0.25, -0.2) is 4.79 Å². The fraction of sp³-hybridized carbons (Fsp3) is 0.200. The average Bonchev–Trinajstić information content (AvgIpc) is 1.87. The molecule has 0 aromatic carbocycles. The van der Waals surface area contributed by atoms with E-state index in [1.165, 1.54) is 0 Å². The van der Waals surface area contributed by atoms with Crippen molar-refractivity contribution in [3.05, 3.63) is 12.7 Å². The van der Waals surface area contributed by atoms with Crippen LogP contribution in [0.4, 0.5) is 0 Å². The van der Waals surface area contributed by atoms with Crippen LogP contribution < -0.4 is 5.73 Å². The van der Waals surface area contributed by atoms with Crippen molar-refractivity contribution >= 4 is 24.3 Å². The van der Waals surface area contributed by atoms with Crippen LogP contribution in [0, 0.1) is 0 Å². The van der Waals surface area contributed by atoms with E-state index in [-0.39, 0.29) is 19.0 Å². The van der Waals surface area contributed by atoms with Gasteiger partial charge in [-0.2, -0.15) is 0 Å². The fourth-order valence-corrected chi connectivity index (χ4v) is 0.196. The van der Waals surface area contributed by atoms with Crippen LogP contribution in [0.3, 0.4) is 0 Å². The second-order valence-electron chi connectivity index (χ2n) is 1.20. The van der Waals surface area contributed by atoms with Crippen LogP contribution >= 0.6 is 12.4 Å². The van der Waals surface area contributed by atoms with Crippen molar-refractivity contribution in [2.24, 2.45) is 5.73 Å². The summed E-state index contributed by atoms with van der Waals surface area (Å²) >= 11 is 0. The molecule has 0 radical (unpaired) electrons. The topological polar surface area (TPSA) is 69.4 Å². The van der Waals surface area contributed by atoms with E-state index < -0.39 is 11.9 Å². The molecule has 0 aliphatic rings. The van der Waals surface area contributed by atoms with E-state index >= 15 is 0 Å². The molecule has 4 nitrogen and oxygen atoms in total. The van der Waals surface area contributed by atoms with Crippen LogP contribution in [-0.4, -0.2) is 18.5 Å². The molecule has 0 fully saturated rings. The molecule has 0 heterocycles. The molecule has 0 unspecified atom stereocenters. The molecular formula is C5H8ClNO3. The highest BCUT2D eigenvalue weighted by Crippen LogP contribution is 1.77. The second kappa shape index (κ2) is 6.25. The van der Waals surface area contributed by atoms with Crippen molar-refractivity contribution in [1.82, 2.24) is 0 Å². The van der Waals surface area contributed by atoms with Crippen molar-refractivity contribution < 1.29 is 14.3 Å².